The molecular formula is C17H12BrF3N2O. The van der Waals surface area contributed by atoms with Gasteiger partial charge in [0.25, 0.3) is 0 Å². The quantitative estimate of drug-likeness (QED) is 0.641. The number of carbonyl (C=O) groups excluding carboxylic acids is 1. The number of halogens is 4. The van der Waals surface area contributed by atoms with Crippen LogP contribution in [-0.4, -0.2) is 10.9 Å². The van der Waals surface area contributed by atoms with Crippen LogP contribution in [0.1, 0.15) is 15.9 Å². The van der Waals surface area contributed by atoms with Gasteiger partial charge in [0.2, 0.25) is 5.91 Å². The Morgan fingerprint density at radius 1 is 1.04 bits per heavy atom. The van der Waals surface area contributed by atoms with Crippen LogP contribution in [0, 0.1) is 0 Å². The number of carbonyl (C=O) groups is 1. The first-order chi connectivity index (χ1) is 11.3. The lowest BCUT2D eigenvalue weighted by atomic mass is 10.1. The number of aromatic nitrogens is 1. The summed E-state index contributed by atoms with van der Waals surface area (Å²) in [6.07, 6.45) is -2.64. The number of benzene rings is 2. The van der Waals surface area contributed by atoms with E-state index in [1.807, 2.05) is 30.3 Å². The first kappa shape index (κ1) is 17.9. The number of hydrogen-bond donors (Lipinski definition) is 1. The van der Waals surface area contributed by atoms with Gasteiger partial charge < -0.3 is 5.73 Å². The summed E-state index contributed by atoms with van der Waals surface area (Å²) in [6, 6.07) is 14.0. The van der Waals surface area contributed by atoms with E-state index < -0.39 is 17.6 Å². The molecule has 124 valence electrons. The van der Waals surface area contributed by atoms with Gasteiger partial charge in [0.1, 0.15) is 0 Å². The molecule has 0 saturated carbocycles. The summed E-state index contributed by atoms with van der Waals surface area (Å²) in [5.41, 5.74) is 4.83. The molecule has 0 aliphatic heterocycles. The van der Waals surface area contributed by atoms with E-state index in [-0.39, 0.29) is 5.56 Å². The molecule has 0 atom stereocenters. The highest BCUT2D eigenvalue weighted by Crippen LogP contribution is 2.29. The predicted molar refractivity (Wildman–Crippen MR) is 89.4 cm³/mol. The van der Waals surface area contributed by atoms with Crippen molar-refractivity contribution in [3.63, 3.8) is 0 Å². The van der Waals surface area contributed by atoms with E-state index >= 15 is 0 Å². The number of alkyl halides is 3. The maximum atomic E-state index is 12.1. The molecule has 0 fully saturated rings. The van der Waals surface area contributed by atoms with Gasteiger partial charge in [0.05, 0.1) is 11.1 Å². The van der Waals surface area contributed by atoms with Crippen LogP contribution in [0.25, 0.3) is 10.9 Å². The third-order valence-electron chi connectivity index (χ3n) is 3.07. The molecule has 1 aromatic heterocycles. The minimum Gasteiger partial charge on any atom is -0.366 e. The molecule has 0 radical (unpaired) electrons. The molecule has 0 bridgehead atoms. The van der Waals surface area contributed by atoms with Gasteiger partial charge in [-0.05, 0) is 36.4 Å². The topological polar surface area (TPSA) is 56.0 Å². The van der Waals surface area contributed by atoms with E-state index in [1.54, 1.807) is 6.20 Å². The number of nitrogens with two attached hydrogens (primary N) is 1. The Bertz CT molecular complexity index is 860. The molecule has 0 aliphatic carbocycles. The fourth-order valence-electron chi connectivity index (χ4n) is 1.91. The molecule has 3 aromatic rings. The van der Waals surface area contributed by atoms with E-state index in [2.05, 4.69) is 20.9 Å². The number of nitrogens with zero attached hydrogens (tertiary/aromatic N) is 1. The van der Waals surface area contributed by atoms with Crippen LogP contribution in [0.2, 0.25) is 0 Å². The Labute approximate surface area is 144 Å². The first-order valence-corrected chi connectivity index (χ1v) is 7.54. The third-order valence-corrected chi connectivity index (χ3v) is 3.76. The second-order valence-electron chi connectivity index (χ2n) is 4.75. The van der Waals surface area contributed by atoms with Crippen molar-refractivity contribution in [2.75, 3.05) is 0 Å². The van der Waals surface area contributed by atoms with Crippen molar-refractivity contribution < 1.29 is 18.0 Å². The lowest BCUT2D eigenvalue weighted by Crippen LogP contribution is -2.13. The zero-order chi connectivity index (χ0) is 17.7. The Morgan fingerprint density at radius 2 is 1.75 bits per heavy atom. The van der Waals surface area contributed by atoms with Crippen LogP contribution < -0.4 is 5.73 Å². The fraction of sp³-hybridized carbons (Fsp3) is 0.0588. The molecule has 2 aromatic carbocycles. The van der Waals surface area contributed by atoms with E-state index in [1.165, 1.54) is 6.07 Å². The summed E-state index contributed by atoms with van der Waals surface area (Å²) in [5.74, 6) is -0.869. The van der Waals surface area contributed by atoms with Gasteiger partial charge in [-0.25, -0.2) is 0 Å². The lowest BCUT2D eigenvalue weighted by Gasteiger charge is -2.06. The monoisotopic (exact) mass is 396 g/mol. The maximum Gasteiger partial charge on any atom is 0.416 e. The second kappa shape index (κ2) is 7.44. The molecule has 3 rings (SSSR count). The van der Waals surface area contributed by atoms with Crippen LogP contribution in [0.15, 0.2) is 65.3 Å². The molecule has 0 unspecified atom stereocenters. The van der Waals surface area contributed by atoms with Crippen molar-refractivity contribution >= 4 is 32.7 Å². The van der Waals surface area contributed by atoms with Crippen LogP contribution in [0.5, 0.6) is 0 Å². The Morgan fingerprint density at radius 3 is 2.38 bits per heavy atom. The predicted octanol–water partition coefficient (Wildman–Crippen LogP) is 4.80. The van der Waals surface area contributed by atoms with Gasteiger partial charge in [-0.2, -0.15) is 13.2 Å². The van der Waals surface area contributed by atoms with Gasteiger partial charge in [0, 0.05) is 21.6 Å². The van der Waals surface area contributed by atoms with E-state index in [0.29, 0.717) is 0 Å². The van der Waals surface area contributed by atoms with E-state index in [4.69, 9.17) is 5.73 Å². The highest BCUT2D eigenvalue weighted by Gasteiger charge is 2.30. The second-order valence-corrected chi connectivity index (χ2v) is 5.61. The van der Waals surface area contributed by atoms with Crippen LogP contribution >= 0.6 is 15.9 Å². The number of fused-ring (bicyclic) bond motifs is 1. The largest absolute Gasteiger partial charge is 0.416 e. The van der Waals surface area contributed by atoms with Crippen LogP contribution in [0.4, 0.5) is 13.2 Å². The maximum absolute atomic E-state index is 12.1. The summed E-state index contributed by atoms with van der Waals surface area (Å²) in [4.78, 5) is 14.7. The Hall–Kier alpha value is -2.41. The molecule has 2 N–H and O–H groups in total. The molecule has 3 nitrogen and oxygen atoms in total. The minimum absolute atomic E-state index is 0.144. The molecule has 24 heavy (non-hydrogen) atoms. The van der Waals surface area contributed by atoms with E-state index in [9.17, 15) is 18.0 Å². The summed E-state index contributed by atoms with van der Waals surface area (Å²) >= 11 is 3.46. The molecular weight excluding hydrogens is 385 g/mol. The van der Waals surface area contributed by atoms with Gasteiger partial charge in [-0.1, -0.05) is 34.1 Å². The number of amides is 1. The zero-order valence-corrected chi connectivity index (χ0v) is 13.8. The summed E-state index contributed by atoms with van der Waals surface area (Å²) in [7, 11) is 0. The summed E-state index contributed by atoms with van der Waals surface area (Å²) in [5, 5.41) is 1.16. The fourth-order valence-corrected chi connectivity index (χ4v) is 2.40. The zero-order valence-electron chi connectivity index (χ0n) is 12.2. The average Bonchev–Trinajstić information content (AvgIpc) is 2.55. The van der Waals surface area contributed by atoms with Crippen LogP contribution in [-0.2, 0) is 6.18 Å². The normalized spacial score (nSPS) is 10.8. The summed E-state index contributed by atoms with van der Waals surface area (Å²) < 4.78 is 37.3. The van der Waals surface area contributed by atoms with Crippen molar-refractivity contribution in [1.29, 1.82) is 0 Å². The molecule has 0 spiro atoms. The molecule has 1 amide bonds. The van der Waals surface area contributed by atoms with Gasteiger partial charge in [-0.15, -0.1) is 0 Å². The molecule has 0 aliphatic rings. The molecule has 7 heteroatoms. The van der Waals surface area contributed by atoms with Crippen LogP contribution in [0.3, 0.4) is 0 Å². The van der Waals surface area contributed by atoms with Crippen molar-refractivity contribution in [2.45, 2.75) is 6.18 Å². The highest BCUT2D eigenvalue weighted by molar-refractivity contribution is 9.10. The molecule has 0 saturated heterocycles. The Balaban J connectivity index is 0.000000175. The smallest absolute Gasteiger partial charge is 0.366 e. The van der Waals surface area contributed by atoms with Crippen molar-refractivity contribution in [1.82, 2.24) is 4.98 Å². The van der Waals surface area contributed by atoms with Gasteiger partial charge in [0.15, 0.2) is 0 Å². The SMILES string of the molecule is Brc1cccc2ncccc12.NC(=O)c1cccc(C(F)(F)F)c1. The van der Waals surface area contributed by atoms with E-state index in [0.717, 1.165) is 33.6 Å². The van der Waals surface area contributed by atoms with Crippen molar-refractivity contribution in [3.05, 3.63) is 76.4 Å². The first-order valence-electron chi connectivity index (χ1n) is 6.75. The number of primary amides is 1. The average molecular weight is 397 g/mol. The van der Waals surface area contributed by atoms with Gasteiger partial charge >= 0.3 is 6.18 Å². The third kappa shape index (κ3) is 4.55. The number of hydrogen-bond acceptors (Lipinski definition) is 2. The summed E-state index contributed by atoms with van der Waals surface area (Å²) in [6.45, 7) is 0. The lowest BCUT2D eigenvalue weighted by molar-refractivity contribution is -0.137. The number of pyridine rings is 1. The van der Waals surface area contributed by atoms with Crippen molar-refractivity contribution in [3.8, 4) is 0 Å². The number of rotatable bonds is 1. The highest BCUT2D eigenvalue weighted by atomic mass is 79.9. The molecule has 1 heterocycles. The minimum atomic E-state index is -4.44. The van der Waals surface area contributed by atoms with Gasteiger partial charge in [-0.3, -0.25) is 9.78 Å². The van der Waals surface area contributed by atoms with Crippen molar-refractivity contribution in [2.24, 2.45) is 5.73 Å². The standard InChI is InChI=1S/C9H6BrN.C8H6F3NO/c10-8-4-1-5-9-7(8)3-2-6-11-9;9-8(10,11)6-3-1-2-5(4-6)7(12)13/h1-6H;1-4H,(H2,12,13). The Kier molecular flexibility index (Phi) is 5.56.